The first-order valence-corrected chi connectivity index (χ1v) is 10.4. The highest BCUT2D eigenvalue weighted by molar-refractivity contribution is 5.79. The Morgan fingerprint density at radius 2 is 1.87 bits per heavy atom. The van der Waals surface area contributed by atoms with Crippen LogP contribution in [0.2, 0.25) is 0 Å². The number of guanidine groups is 1. The molecule has 1 unspecified atom stereocenters. The number of hydrogen-bond donors (Lipinski definition) is 2. The van der Waals surface area contributed by atoms with Gasteiger partial charge in [0.2, 0.25) is 0 Å². The maximum atomic E-state index is 13.9. The monoisotopic (exact) mass is 414 g/mol. The topological polar surface area (TPSA) is 58.1 Å². The molecule has 2 aromatic rings. The van der Waals surface area contributed by atoms with Crippen LogP contribution in [-0.2, 0) is 11.3 Å². The van der Waals surface area contributed by atoms with Crippen molar-refractivity contribution in [3.05, 3.63) is 65.5 Å². The summed E-state index contributed by atoms with van der Waals surface area (Å²) in [5, 5.41) is 6.69. The van der Waals surface area contributed by atoms with Gasteiger partial charge in [-0.2, -0.15) is 0 Å². The molecule has 2 aromatic carbocycles. The lowest BCUT2D eigenvalue weighted by Gasteiger charge is -2.35. The van der Waals surface area contributed by atoms with Crippen LogP contribution in [0.15, 0.2) is 53.5 Å². The van der Waals surface area contributed by atoms with E-state index in [1.807, 2.05) is 25.1 Å². The zero-order chi connectivity index (χ0) is 21.2. The van der Waals surface area contributed by atoms with Gasteiger partial charge in [-0.05, 0) is 30.7 Å². The van der Waals surface area contributed by atoms with Crippen molar-refractivity contribution in [3.8, 4) is 5.75 Å². The van der Waals surface area contributed by atoms with Gasteiger partial charge in [-0.1, -0.05) is 30.3 Å². The molecule has 0 radical (unpaired) electrons. The number of halogens is 1. The third kappa shape index (κ3) is 6.18. The molecule has 1 aliphatic heterocycles. The van der Waals surface area contributed by atoms with Gasteiger partial charge in [0.05, 0.1) is 32.9 Å². The van der Waals surface area contributed by atoms with Crippen LogP contribution in [0.25, 0.3) is 0 Å². The Morgan fingerprint density at radius 1 is 1.13 bits per heavy atom. The van der Waals surface area contributed by atoms with Crippen molar-refractivity contribution in [2.45, 2.75) is 19.5 Å². The van der Waals surface area contributed by atoms with E-state index in [0.29, 0.717) is 18.1 Å². The fourth-order valence-electron chi connectivity index (χ4n) is 3.50. The molecule has 1 atom stereocenters. The number of hydrogen-bond acceptors (Lipinski definition) is 4. The number of morpholine rings is 1. The molecule has 3 rings (SSSR count). The first kappa shape index (κ1) is 22.1. The van der Waals surface area contributed by atoms with Gasteiger partial charge in [-0.15, -0.1) is 0 Å². The largest absolute Gasteiger partial charge is 0.497 e. The maximum absolute atomic E-state index is 13.9. The van der Waals surface area contributed by atoms with Gasteiger partial charge in [0.1, 0.15) is 11.6 Å². The molecule has 162 valence electrons. The molecule has 1 aliphatic rings. The molecule has 0 bridgehead atoms. The molecule has 0 aromatic heterocycles. The minimum atomic E-state index is -0.235. The summed E-state index contributed by atoms with van der Waals surface area (Å²) in [4.78, 5) is 6.99. The van der Waals surface area contributed by atoms with Gasteiger partial charge in [0, 0.05) is 31.7 Å². The molecule has 7 heteroatoms. The number of nitrogens with one attached hydrogen (secondary N) is 2. The molecule has 0 saturated carbocycles. The molecular formula is C23H31FN4O2. The molecule has 1 heterocycles. The zero-order valence-corrected chi connectivity index (χ0v) is 17.7. The highest BCUT2D eigenvalue weighted by atomic mass is 19.1. The minimum absolute atomic E-state index is 0.164. The first-order valence-electron chi connectivity index (χ1n) is 10.4. The van der Waals surface area contributed by atoms with E-state index in [1.165, 1.54) is 11.6 Å². The van der Waals surface area contributed by atoms with Crippen molar-refractivity contribution in [1.29, 1.82) is 0 Å². The lowest BCUT2D eigenvalue weighted by molar-refractivity contribution is 0.0170. The van der Waals surface area contributed by atoms with Gasteiger partial charge in [0.15, 0.2) is 5.96 Å². The third-order valence-corrected chi connectivity index (χ3v) is 5.16. The van der Waals surface area contributed by atoms with Crippen LogP contribution >= 0.6 is 0 Å². The van der Waals surface area contributed by atoms with Crippen LogP contribution in [0.3, 0.4) is 0 Å². The van der Waals surface area contributed by atoms with E-state index in [4.69, 9.17) is 9.47 Å². The van der Waals surface area contributed by atoms with Crippen LogP contribution in [0.5, 0.6) is 5.75 Å². The van der Waals surface area contributed by atoms with Crippen molar-refractivity contribution in [1.82, 2.24) is 15.5 Å². The predicted octanol–water partition coefficient (Wildman–Crippen LogP) is 2.96. The summed E-state index contributed by atoms with van der Waals surface area (Å²) in [6.45, 7) is 6.92. The summed E-state index contributed by atoms with van der Waals surface area (Å²) in [5.41, 5.74) is 1.78. The molecule has 30 heavy (non-hydrogen) atoms. The quantitative estimate of drug-likeness (QED) is 0.514. The zero-order valence-electron chi connectivity index (χ0n) is 17.7. The minimum Gasteiger partial charge on any atom is -0.497 e. The predicted molar refractivity (Wildman–Crippen MR) is 117 cm³/mol. The second-order valence-corrected chi connectivity index (χ2v) is 7.10. The SMILES string of the molecule is CCNC(=NCc1ccccc1F)NCC(c1ccc(OC)cc1)N1CCOCC1. The van der Waals surface area contributed by atoms with E-state index in [-0.39, 0.29) is 18.4 Å². The van der Waals surface area contributed by atoms with E-state index in [0.717, 1.165) is 38.6 Å². The van der Waals surface area contributed by atoms with Crippen LogP contribution in [-0.4, -0.2) is 57.4 Å². The second kappa shape index (κ2) is 11.5. The van der Waals surface area contributed by atoms with Crippen LogP contribution in [0.1, 0.15) is 24.1 Å². The van der Waals surface area contributed by atoms with Crippen molar-refractivity contribution in [2.24, 2.45) is 4.99 Å². The number of aliphatic imine (C=N–C) groups is 1. The highest BCUT2D eigenvalue weighted by Crippen LogP contribution is 2.23. The Balaban J connectivity index is 1.72. The van der Waals surface area contributed by atoms with E-state index in [1.54, 1.807) is 19.2 Å². The lowest BCUT2D eigenvalue weighted by Crippen LogP contribution is -2.46. The van der Waals surface area contributed by atoms with Gasteiger partial charge in [-0.3, -0.25) is 4.90 Å². The summed E-state index contributed by atoms with van der Waals surface area (Å²) >= 11 is 0. The molecule has 0 aliphatic carbocycles. The summed E-state index contributed by atoms with van der Waals surface area (Å²) < 4.78 is 24.8. The molecule has 2 N–H and O–H groups in total. The van der Waals surface area contributed by atoms with E-state index in [2.05, 4.69) is 32.7 Å². The van der Waals surface area contributed by atoms with Gasteiger partial charge < -0.3 is 20.1 Å². The van der Waals surface area contributed by atoms with E-state index >= 15 is 0 Å². The van der Waals surface area contributed by atoms with Gasteiger partial charge in [-0.25, -0.2) is 9.38 Å². The fourth-order valence-corrected chi connectivity index (χ4v) is 3.50. The van der Waals surface area contributed by atoms with E-state index in [9.17, 15) is 4.39 Å². The molecule has 0 amide bonds. The Morgan fingerprint density at radius 3 is 2.53 bits per heavy atom. The Labute approximate surface area is 178 Å². The van der Waals surface area contributed by atoms with Crippen molar-refractivity contribution < 1.29 is 13.9 Å². The van der Waals surface area contributed by atoms with Crippen molar-refractivity contribution in [3.63, 3.8) is 0 Å². The van der Waals surface area contributed by atoms with Crippen LogP contribution < -0.4 is 15.4 Å². The first-order chi connectivity index (χ1) is 14.7. The van der Waals surface area contributed by atoms with Crippen LogP contribution in [0.4, 0.5) is 4.39 Å². The summed E-state index contributed by atoms with van der Waals surface area (Å²) in [6, 6.07) is 15.1. The average Bonchev–Trinajstić information content (AvgIpc) is 2.79. The smallest absolute Gasteiger partial charge is 0.191 e. The number of methoxy groups -OCH3 is 1. The highest BCUT2D eigenvalue weighted by Gasteiger charge is 2.23. The van der Waals surface area contributed by atoms with Gasteiger partial charge >= 0.3 is 0 Å². The Hall–Kier alpha value is -2.64. The molecular weight excluding hydrogens is 383 g/mol. The maximum Gasteiger partial charge on any atom is 0.191 e. The normalized spacial score (nSPS) is 16.2. The summed E-state index contributed by atoms with van der Waals surface area (Å²) in [7, 11) is 1.67. The van der Waals surface area contributed by atoms with Crippen LogP contribution in [0, 0.1) is 5.82 Å². The molecule has 0 spiro atoms. The molecule has 1 fully saturated rings. The number of nitrogens with zero attached hydrogens (tertiary/aromatic N) is 2. The van der Waals surface area contributed by atoms with Gasteiger partial charge in [0.25, 0.3) is 0 Å². The van der Waals surface area contributed by atoms with Crippen molar-refractivity contribution >= 4 is 5.96 Å². The molecule has 1 saturated heterocycles. The number of benzene rings is 2. The van der Waals surface area contributed by atoms with Crippen molar-refractivity contribution in [2.75, 3.05) is 46.5 Å². The van der Waals surface area contributed by atoms with E-state index < -0.39 is 0 Å². The fraction of sp³-hybridized carbons (Fsp3) is 0.435. The molecule has 6 nitrogen and oxygen atoms in total. The average molecular weight is 415 g/mol. The summed E-state index contributed by atoms with van der Waals surface area (Å²) in [6.07, 6.45) is 0. The Kier molecular flexibility index (Phi) is 8.47. The second-order valence-electron chi connectivity index (χ2n) is 7.10. The third-order valence-electron chi connectivity index (χ3n) is 5.16. The standard InChI is InChI=1S/C23H31FN4O2/c1-3-25-23(26-16-19-6-4-5-7-21(19)24)27-17-22(28-12-14-30-15-13-28)18-8-10-20(29-2)11-9-18/h4-11,22H,3,12-17H2,1-2H3,(H2,25,26,27). The lowest BCUT2D eigenvalue weighted by atomic mass is 10.0. The summed E-state index contributed by atoms with van der Waals surface area (Å²) in [5.74, 6) is 1.28. The number of rotatable bonds is 8. The Bertz CT molecular complexity index is 807. The number of ether oxygens (including phenoxy) is 2.